The number of nitrogens with one attached hydrogen (secondary N) is 1. The maximum absolute atomic E-state index is 12.3. The van der Waals surface area contributed by atoms with E-state index in [1.807, 2.05) is 51.1 Å². The lowest BCUT2D eigenvalue weighted by Crippen LogP contribution is -2.14. The summed E-state index contributed by atoms with van der Waals surface area (Å²) in [5, 5.41) is 16.8. The number of amides is 1. The van der Waals surface area contributed by atoms with Gasteiger partial charge >= 0.3 is 0 Å². The molecule has 0 bridgehead atoms. The maximum atomic E-state index is 12.3. The molecule has 0 radical (unpaired) electrons. The molecule has 3 aromatic rings. The smallest absolute Gasteiger partial charge is 0.227 e. The Morgan fingerprint density at radius 1 is 1.23 bits per heavy atom. The third-order valence-electron chi connectivity index (χ3n) is 4.56. The molecule has 0 aliphatic rings. The van der Waals surface area contributed by atoms with Gasteiger partial charge in [-0.2, -0.15) is 10.2 Å². The van der Waals surface area contributed by atoms with Gasteiger partial charge in [0.25, 0.3) is 0 Å². The number of nitriles is 1. The normalized spacial score (nSPS) is 12.2. The van der Waals surface area contributed by atoms with Crippen LogP contribution in [0.1, 0.15) is 56.0 Å². The second-order valence-corrected chi connectivity index (χ2v) is 8.43. The average molecular weight is 423 g/mol. The summed E-state index contributed by atoms with van der Waals surface area (Å²) in [5.74, 6) is 0.390. The van der Waals surface area contributed by atoms with E-state index >= 15 is 0 Å². The fourth-order valence-corrected chi connectivity index (χ4v) is 3.20. The van der Waals surface area contributed by atoms with Gasteiger partial charge in [-0.15, -0.1) is 0 Å². The number of hydrogen-bond acceptors (Lipinski definition) is 5. The largest absolute Gasteiger partial charge is 0.339 e. The number of anilines is 1. The van der Waals surface area contributed by atoms with Crippen molar-refractivity contribution in [1.29, 1.82) is 5.26 Å². The van der Waals surface area contributed by atoms with Gasteiger partial charge in [0.2, 0.25) is 11.8 Å². The van der Waals surface area contributed by atoms with E-state index in [-0.39, 0.29) is 17.7 Å². The van der Waals surface area contributed by atoms with Crippen molar-refractivity contribution in [3.63, 3.8) is 0 Å². The van der Waals surface area contributed by atoms with Gasteiger partial charge in [0.15, 0.2) is 5.82 Å². The van der Waals surface area contributed by atoms with E-state index in [4.69, 9.17) is 16.1 Å². The van der Waals surface area contributed by atoms with Crippen LogP contribution >= 0.6 is 11.6 Å². The van der Waals surface area contributed by atoms with E-state index in [0.29, 0.717) is 34.4 Å². The van der Waals surface area contributed by atoms with Crippen LogP contribution in [0.25, 0.3) is 0 Å². The Hall–Kier alpha value is -3.17. The lowest BCUT2D eigenvalue weighted by atomic mass is 9.92. The SMILES string of the molecule is CC(C)(C)c1noc(CCC(=O)Nc2ccc(C(C#N)c3ccccc3)c(Cl)c2)n1. The van der Waals surface area contributed by atoms with Crippen molar-refractivity contribution < 1.29 is 9.32 Å². The van der Waals surface area contributed by atoms with Crippen molar-refractivity contribution >= 4 is 23.2 Å². The third kappa shape index (κ3) is 5.25. The van der Waals surface area contributed by atoms with Crippen LogP contribution in [-0.4, -0.2) is 16.0 Å². The monoisotopic (exact) mass is 422 g/mol. The molecule has 0 saturated heterocycles. The summed E-state index contributed by atoms with van der Waals surface area (Å²) in [6.07, 6.45) is 0.557. The molecular weight excluding hydrogens is 400 g/mol. The molecule has 0 fully saturated rings. The fraction of sp³-hybridized carbons (Fsp3) is 0.304. The van der Waals surface area contributed by atoms with Crippen molar-refractivity contribution in [2.45, 2.75) is 44.9 Å². The topological polar surface area (TPSA) is 91.8 Å². The minimum Gasteiger partial charge on any atom is -0.339 e. The van der Waals surface area contributed by atoms with E-state index in [1.54, 1.807) is 18.2 Å². The first-order valence-electron chi connectivity index (χ1n) is 9.65. The zero-order valence-electron chi connectivity index (χ0n) is 17.1. The van der Waals surface area contributed by atoms with E-state index in [2.05, 4.69) is 21.5 Å². The Balaban J connectivity index is 1.63. The summed E-state index contributed by atoms with van der Waals surface area (Å²) >= 11 is 6.42. The zero-order valence-corrected chi connectivity index (χ0v) is 17.9. The second kappa shape index (κ2) is 9.10. The Bertz CT molecular complexity index is 1060. The third-order valence-corrected chi connectivity index (χ3v) is 4.89. The fourth-order valence-electron chi connectivity index (χ4n) is 2.91. The van der Waals surface area contributed by atoms with Gasteiger partial charge in [0.05, 0.1) is 12.0 Å². The molecule has 7 heteroatoms. The Morgan fingerprint density at radius 2 is 1.97 bits per heavy atom. The molecule has 3 rings (SSSR count). The summed E-state index contributed by atoms with van der Waals surface area (Å²) in [7, 11) is 0. The van der Waals surface area contributed by atoms with Gasteiger partial charge in [-0.3, -0.25) is 4.79 Å². The van der Waals surface area contributed by atoms with Crippen LogP contribution in [-0.2, 0) is 16.6 Å². The summed E-state index contributed by atoms with van der Waals surface area (Å²) in [6.45, 7) is 5.99. The van der Waals surface area contributed by atoms with Crippen LogP contribution in [0.2, 0.25) is 5.02 Å². The standard InChI is InChI=1S/C23H23ClN4O2/c1-23(2,3)22-27-21(30-28-22)12-11-20(29)26-16-9-10-17(19(24)13-16)18(14-25)15-7-5-4-6-8-15/h4-10,13,18H,11-12H2,1-3H3,(H,26,29). The van der Waals surface area contributed by atoms with E-state index in [9.17, 15) is 10.1 Å². The first-order valence-corrected chi connectivity index (χ1v) is 10.0. The summed E-state index contributed by atoms with van der Waals surface area (Å²) in [5.41, 5.74) is 1.93. The van der Waals surface area contributed by atoms with Crippen molar-refractivity contribution in [2.24, 2.45) is 0 Å². The molecule has 1 heterocycles. The molecule has 154 valence electrons. The number of benzene rings is 2. The zero-order chi connectivity index (χ0) is 21.7. The van der Waals surface area contributed by atoms with Crippen LogP contribution in [0.4, 0.5) is 5.69 Å². The van der Waals surface area contributed by atoms with E-state index < -0.39 is 5.92 Å². The number of carbonyl (C=O) groups excluding carboxylic acids is 1. The number of hydrogen-bond donors (Lipinski definition) is 1. The van der Waals surface area contributed by atoms with Gasteiger partial charge < -0.3 is 9.84 Å². The Kier molecular flexibility index (Phi) is 6.53. The summed E-state index contributed by atoms with van der Waals surface area (Å²) in [4.78, 5) is 16.6. The minimum atomic E-state index is -0.474. The minimum absolute atomic E-state index is 0.186. The lowest BCUT2D eigenvalue weighted by Gasteiger charge is -2.13. The lowest BCUT2D eigenvalue weighted by molar-refractivity contribution is -0.116. The Morgan fingerprint density at radius 3 is 2.57 bits per heavy atom. The summed E-state index contributed by atoms with van der Waals surface area (Å²) < 4.78 is 5.21. The highest BCUT2D eigenvalue weighted by Gasteiger charge is 2.21. The molecule has 1 amide bonds. The predicted molar refractivity (Wildman–Crippen MR) is 115 cm³/mol. The second-order valence-electron chi connectivity index (χ2n) is 8.02. The first kappa shape index (κ1) is 21.5. The van der Waals surface area contributed by atoms with Crippen LogP contribution in [0.3, 0.4) is 0 Å². The molecule has 2 aromatic carbocycles. The molecule has 0 aliphatic carbocycles. The number of rotatable bonds is 6. The van der Waals surface area contributed by atoms with Gasteiger partial charge in [0, 0.05) is 29.0 Å². The molecule has 6 nitrogen and oxygen atoms in total. The molecule has 0 saturated carbocycles. The quantitative estimate of drug-likeness (QED) is 0.585. The predicted octanol–water partition coefficient (Wildman–Crippen LogP) is 5.25. The highest BCUT2D eigenvalue weighted by molar-refractivity contribution is 6.31. The van der Waals surface area contributed by atoms with Crippen LogP contribution in [0.15, 0.2) is 53.1 Å². The van der Waals surface area contributed by atoms with Crippen LogP contribution in [0, 0.1) is 11.3 Å². The molecule has 1 unspecified atom stereocenters. The molecule has 1 aromatic heterocycles. The van der Waals surface area contributed by atoms with Crippen LogP contribution < -0.4 is 5.32 Å². The maximum Gasteiger partial charge on any atom is 0.227 e. The molecule has 0 spiro atoms. The van der Waals surface area contributed by atoms with Gasteiger partial charge in [-0.25, -0.2) is 0 Å². The molecule has 1 N–H and O–H groups in total. The van der Waals surface area contributed by atoms with Crippen molar-refractivity contribution in [1.82, 2.24) is 10.1 Å². The molecule has 1 atom stereocenters. The average Bonchev–Trinajstić information content (AvgIpc) is 3.19. The number of aromatic nitrogens is 2. The van der Waals surface area contributed by atoms with Crippen molar-refractivity contribution in [2.75, 3.05) is 5.32 Å². The number of halogens is 1. The highest BCUT2D eigenvalue weighted by atomic mass is 35.5. The van der Waals surface area contributed by atoms with E-state index in [1.165, 1.54) is 0 Å². The number of carbonyl (C=O) groups is 1. The number of nitrogens with zero attached hydrogens (tertiary/aromatic N) is 3. The van der Waals surface area contributed by atoms with E-state index in [0.717, 1.165) is 5.56 Å². The first-order chi connectivity index (χ1) is 14.3. The van der Waals surface area contributed by atoms with Gasteiger partial charge in [-0.05, 0) is 23.3 Å². The Labute approximate surface area is 180 Å². The molecule has 0 aliphatic heterocycles. The molecular formula is C23H23ClN4O2. The molecule has 30 heavy (non-hydrogen) atoms. The van der Waals surface area contributed by atoms with Gasteiger partial charge in [0.1, 0.15) is 0 Å². The number of aryl methyl sites for hydroxylation is 1. The van der Waals surface area contributed by atoms with Crippen molar-refractivity contribution in [3.05, 3.63) is 76.4 Å². The van der Waals surface area contributed by atoms with Crippen LogP contribution in [0.5, 0.6) is 0 Å². The summed E-state index contributed by atoms with van der Waals surface area (Å²) in [6, 6.07) is 16.9. The van der Waals surface area contributed by atoms with Crippen molar-refractivity contribution in [3.8, 4) is 6.07 Å². The highest BCUT2D eigenvalue weighted by Crippen LogP contribution is 2.31. The van der Waals surface area contributed by atoms with Gasteiger partial charge in [-0.1, -0.05) is 73.9 Å².